The third-order valence-corrected chi connectivity index (χ3v) is 4.39. The van der Waals surface area contributed by atoms with Crippen molar-refractivity contribution in [1.82, 2.24) is 10.3 Å². The normalized spacial score (nSPS) is 14.1. The molecule has 1 aliphatic rings. The minimum atomic E-state index is -0.384. The zero-order valence-electron chi connectivity index (χ0n) is 13.3. The van der Waals surface area contributed by atoms with Crippen LogP contribution < -0.4 is 10.6 Å². The van der Waals surface area contributed by atoms with Gasteiger partial charge in [-0.3, -0.25) is 9.59 Å². The lowest BCUT2D eigenvalue weighted by Crippen LogP contribution is -2.26. The summed E-state index contributed by atoms with van der Waals surface area (Å²) < 4.78 is 5.54. The summed E-state index contributed by atoms with van der Waals surface area (Å²) in [5, 5.41) is 7.99. The maximum Gasteiger partial charge on any atom is 0.294 e. The van der Waals surface area contributed by atoms with E-state index in [0.717, 1.165) is 12.8 Å². The number of hydrogen-bond acceptors (Lipinski definition) is 5. The van der Waals surface area contributed by atoms with E-state index in [2.05, 4.69) is 15.6 Å². The number of anilines is 1. The van der Waals surface area contributed by atoms with Gasteiger partial charge in [0, 0.05) is 12.0 Å². The molecular formula is C16H19N3O3S. The van der Waals surface area contributed by atoms with Crippen LogP contribution in [0.2, 0.25) is 0 Å². The Kier molecular flexibility index (Phi) is 4.21. The van der Waals surface area contributed by atoms with Crippen LogP contribution >= 0.6 is 11.3 Å². The van der Waals surface area contributed by atoms with Crippen LogP contribution in [0.1, 0.15) is 65.1 Å². The molecule has 3 rings (SSSR count). The highest BCUT2D eigenvalue weighted by molar-refractivity contribution is 7.14. The Labute approximate surface area is 138 Å². The molecular weight excluding hydrogens is 314 g/mol. The van der Waals surface area contributed by atoms with E-state index in [1.165, 1.54) is 11.3 Å². The number of carbonyl (C=O) groups is 2. The van der Waals surface area contributed by atoms with Crippen molar-refractivity contribution in [1.29, 1.82) is 0 Å². The number of aryl methyl sites for hydroxylation is 1. The van der Waals surface area contributed by atoms with E-state index in [9.17, 15) is 9.59 Å². The average Bonchev–Trinajstić information content (AvgIpc) is 3.02. The van der Waals surface area contributed by atoms with Gasteiger partial charge in [0.05, 0.1) is 11.3 Å². The van der Waals surface area contributed by atoms with E-state index in [4.69, 9.17) is 4.42 Å². The first-order valence-corrected chi connectivity index (χ1v) is 8.50. The van der Waals surface area contributed by atoms with Crippen LogP contribution in [0.15, 0.2) is 15.9 Å². The fraction of sp³-hybridized carbons (Fsp3) is 0.438. The Morgan fingerprint density at radius 3 is 2.70 bits per heavy atom. The number of thiophene rings is 1. The summed E-state index contributed by atoms with van der Waals surface area (Å²) in [5.41, 5.74) is 1.03. The molecule has 122 valence electrons. The monoisotopic (exact) mass is 333 g/mol. The minimum absolute atomic E-state index is 0.108. The van der Waals surface area contributed by atoms with Gasteiger partial charge in [0.2, 0.25) is 5.76 Å². The first-order chi connectivity index (χ1) is 11.0. The number of carbonyl (C=O) groups excluding carboxylic acids is 2. The third-order valence-electron chi connectivity index (χ3n) is 3.56. The molecule has 1 fully saturated rings. The molecule has 1 saturated carbocycles. The van der Waals surface area contributed by atoms with Gasteiger partial charge in [-0.15, -0.1) is 11.3 Å². The molecule has 2 aromatic rings. The van der Waals surface area contributed by atoms with Crippen molar-refractivity contribution in [3.05, 3.63) is 34.4 Å². The van der Waals surface area contributed by atoms with Crippen LogP contribution in [0.25, 0.3) is 0 Å². The molecule has 2 heterocycles. The highest BCUT2D eigenvalue weighted by atomic mass is 32.1. The second kappa shape index (κ2) is 6.16. The summed E-state index contributed by atoms with van der Waals surface area (Å²) >= 11 is 1.31. The Bertz CT molecular complexity index is 744. The van der Waals surface area contributed by atoms with Crippen LogP contribution in [-0.4, -0.2) is 22.8 Å². The van der Waals surface area contributed by atoms with Crippen molar-refractivity contribution in [2.45, 2.75) is 45.6 Å². The number of oxazole rings is 1. The van der Waals surface area contributed by atoms with E-state index in [1.54, 1.807) is 18.4 Å². The molecule has 1 aliphatic carbocycles. The largest absolute Gasteiger partial charge is 0.435 e. The molecule has 0 saturated heterocycles. The number of rotatable bonds is 5. The highest BCUT2D eigenvalue weighted by Crippen LogP contribution is 2.27. The van der Waals surface area contributed by atoms with E-state index in [0.29, 0.717) is 22.1 Å². The Morgan fingerprint density at radius 2 is 2.09 bits per heavy atom. The third kappa shape index (κ3) is 3.44. The van der Waals surface area contributed by atoms with Gasteiger partial charge in [0.25, 0.3) is 11.8 Å². The maximum absolute atomic E-state index is 12.4. The predicted octanol–water partition coefficient (Wildman–Crippen LogP) is 3.31. The molecule has 0 aromatic carbocycles. The number of amides is 2. The highest BCUT2D eigenvalue weighted by Gasteiger charge is 2.26. The maximum atomic E-state index is 12.4. The summed E-state index contributed by atoms with van der Waals surface area (Å²) in [6.07, 6.45) is 2.04. The van der Waals surface area contributed by atoms with Crippen molar-refractivity contribution in [3.8, 4) is 0 Å². The summed E-state index contributed by atoms with van der Waals surface area (Å²) in [4.78, 5) is 28.8. The summed E-state index contributed by atoms with van der Waals surface area (Å²) in [6.45, 7) is 5.64. The van der Waals surface area contributed by atoms with Gasteiger partial charge < -0.3 is 15.1 Å². The van der Waals surface area contributed by atoms with Crippen molar-refractivity contribution in [3.63, 3.8) is 0 Å². The summed E-state index contributed by atoms with van der Waals surface area (Å²) in [5.74, 6) is 0.295. The number of nitrogens with zero attached hydrogens (tertiary/aromatic N) is 1. The zero-order chi connectivity index (χ0) is 16.6. The van der Waals surface area contributed by atoms with E-state index < -0.39 is 0 Å². The van der Waals surface area contributed by atoms with Crippen LogP contribution in [-0.2, 0) is 0 Å². The lowest BCUT2D eigenvalue weighted by Gasteiger charge is -2.06. The van der Waals surface area contributed by atoms with E-state index >= 15 is 0 Å². The molecule has 0 aliphatic heterocycles. The lowest BCUT2D eigenvalue weighted by atomic mass is 10.2. The first-order valence-electron chi connectivity index (χ1n) is 7.62. The average molecular weight is 333 g/mol. The molecule has 7 heteroatoms. The number of nitrogens with one attached hydrogen (secondary N) is 2. The van der Waals surface area contributed by atoms with Crippen molar-refractivity contribution in [2.24, 2.45) is 0 Å². The van der Waals surface area contributed by atoms with Gasteiger partial charge in [0.1, 0.15) is 5.00 Å². The summed E-state index contributed by atoms with van der Waals surface area (Å²) in [6, 6.07) is 1.99. The quantitative estimate of drug-likeness (QED) is 0.879. The second-order valence-electron chi connectivity index (χ2n) is 5.99. The Hall–Kier alpha value is -2.15. The molecule has 2 amide bonds. The zero-order valence-corrected chi connectivity index (χ0v) is 14.1. The van der Waals surface area contributed by atoms with Gasteiger partial charge in [-0.1, -0.05) is 13.8 Å². The van der Waals surface area contributed by atoms with Gasteiger partial charge in [-0.05, 0) is 31.2 Å². The van der Waals surface area contributed by atoms with Gasteiger partial charge in [0.15, 0.2) is 5.89 Å². The molecule has 0 radical (unpaired) electrons. The lowest BCUT2D eigenvalue weighted by molar-refractivity contribution is 0.0952. The molecule has 0 spiro atoms. The Balaban J connectivity index is 1.75. The minimum Gasteiger partial charge on any atom is -0.435 e. The number of aromatic nitrogens is 1. The number of hydrogen-bond donors (Lipinski definition) is 2. The van der Waals surface area contributed by atoms with Crippen molar-refractivity contribution in [2.75, 3.05) is 5.32 Å². The first kappa shape index (κ1) is 15.7. The van der Waals surface area contributed by atoms with Crippen molar-refractivity contribution < 1.29 is 14.0 Å². The van der Waals surface area contributed by atoms with Crippen LogP contribution in [0.4, 0.5) is 5.00 Å². The van der Waals surface area contributed by atoms with Crippen LogP contribution in [0.5, 0.6) is 0 Å². The van der Waals surface area contributed by atoms with Crippen LogP contribution in [0, 0.1) is 6.92 Å². The molecule has 0 atom stereocenters. The van der Waals surface area contributed by atoms with Gasteiger partial charge in [-0.25, -0.2) is 4.98 Å². The molecule has 2 N–H and O–H groups in total. The molecule has 0 bridgehead atoms. The van der Waals surface area contributed by atoms with E-state index in [1.807, 2.05) is 13.8 Å². The topological polar surface area (TPSA) is 84.2 Å². The molecule has 6 nitrogen and oxygen atoms in total. The second-order valence-corrected chi connectivity index (χ2v) is 6.90. The standard InChI is InChI=1S/C16H19N3O3S/c1-8(2)15-17-9(3)12(22-15)14(21)19-16-11(6-7-23-16)13(20)18-10-4-5-10/h6-8,10H,4-5H2,1-3H3,(H,18,20)(H,19,21). The Morgan fingerprint density at radius 1 is 1.35 bits per heavy atom. The smallest absolute Gasteiger partial charge is 0.294 e. The van der Waals surface area contributed by atoms with Crippen LogP contribution in [0.3, 0.4) is 0 Å². The van der Waals surface area contributed by atoms with Gasteiger partial charge >= 0.3 is 0 Å². The molecule has 23 heavy (non-hydrogen) atoms. The van der Waals surface area contributed by atoms with Crippen molar-refractivity contribution >= 4 is 28.2 Å². The predicted molar refractivity (Wildman–Crippen MR) is 88.1 cm³/mol. The molecule has 2 aromatic heterocycles. The van der Waals surface area contributed by atoms with Gasteiger partial charge in [-0.2, -0.15) is 0 Å². The fourth-order valence-corrected chi connectivity index (χ4v) is 2.89. The fourth-order valence-electron chi connectivity index (χ4n) is 2.11. The molecule has 0 unspecified atom stereocenters. The SMILES string of the molecule is Cc1nc(C(C)C)oc1C(=O)Nc1sccc1C(=O)NC1CC1. The summed E-state index contributed by atoms with van der Waals surface area (Å²) in [7, 11) is 0. The van der Waals surface area contributed by atoms with E-state index in [-0.39, 0.29) is 29.5 Å².